The molecule has 2 aromatic rings. The molecule has 1 amide bonds. The lowest BCUT2D eigenvalue weighted by atomic mass is 10.1. The molecule has 0 heterocycles. The average molecular weight is 411 g/mol. The van der Waals surface area contributed by atoms with Gasteiger partial charge in [-0.15, -0.1) is 0 Å². The first kappa shape index (κ1) is 22.1. The van der Waals surface area contributed by atoms with Crippen LogP contribution in [-0.2, 0) is 15.7 Å². The number of alkyl halides is 3. The molecular weight excluding hydrogens is 391 g/mol. The average Bonchev–Trinajstić information content (AvgIpc) is 2.67. The summed E-state index contributed by atoms with van der Waals surface area (Å²) in [5.41, 5.74) is -0.688. The van der Waals surface area contributed by atoms with E-state index in [1.165, 1.54) is 45.4 Å². The van der Waals surface area contributed by atoms with E-state index in [0.717, 1.165) is 12.1 Å². The van der Waals surface area contributed by atoms with Crippen molar-refractivity contribution in [2.75, 3.05) is 19.5 Å². The van der Waals surface area contributed by atoms with Crippen molar-refractivity contribution in [1.82, 2.24) is 0 Å². The van der Waals surface area contributed by atoms with E-state index in [4.69, 9.17) is 14.2 Å². The Labute approximate surface area is 165 Å². The van der Waals surface area contributed by atoms with Crippen molar-refractivity contribution in [3.63, 3.8) is 0 Å². The molecule has 2 rings (SSSR count). The lowest BCUT2D eigenvalue weighted by Gasteiger charge is -2.17. The molecule has 1 unspecified atom stereocenters. The van der Waals surface area contributed by atoms with Gasteiger partial charge in [-0.1, -0.05) is 12.1 Å². The predicted octanol–water partition coefficient (Wildman–Crippen LogP) is 4.22. The second kappa shape index (κ2) is 8.85. The van der Waals surface area contributed by atoms with Gasteiger partial charge >= 0.3 is 12.1 Å². The SMILES string of the molecule is COc1cc(C(=O)OC(C)C(=O)Nc2ccccc2C(F)(F)F)cc(OC)c1C. The highest BCUT2D eigenvalue weighted by Gasteiger charge is 2.34. The Morgan fingerprint density at radius 1 is 1.03 bits per heavy atom. The van der Waals surface area contributed by atoms with Gasteiger partial charge in [-0.2, -0.15) is 13.2 Å². The van der Waals surface area contributed by atoms with Crippen LogP contribution in [0.3, 0.4) is 0 Å². The van der Waals surface area contributed by atoms with Gasteiger partial charge in [0.1, 0.15) is 11.5 Å². The summed E-state index contributed by atoms with van der Waals surface area (Å²) in [5.74, 6) is -0.991. The zero-order valence-electron chi connectivity index (χ0n) is 16.2. The third-order valence-electron chi connectivity index (χ3n) is 4.13. The molecule has 0 spiro atoms. The van der Waals surface area contributed by atoms with E-state index in [9.17, 15) is 22.8 Å². The first-order valence-corrected chi connectivity index (χ1v) is 8.49. The van der Waals surface area contributed by atoms with Crippen molar-refractivity contribution in [3.8, 4) is 11.5 Å². The third-order valence-corrected chi connectivity index (χ3v) is 4.13. The molecule has 0 bridgehead atoms. The van der Waals surface area contributed by atoms with Crippen LogP contribution in [0, 0.1) is 6.92 Å². The van der Waals surface area contributed by atoms with Crippen LogP contribution in [0.25, 0.3) is 0 Å². The first-order chi connectivity index (χ1) is 13.6. The Hall–Kier alpha value is -3.23. The second-order valence-corrected chi connectivity index (χ2v) is 6.09. The number of carbonyl (C=O) groups is 2. The number of nitrogens with one attached hydrogen (secondary N) is 1. The summed E-state index contributed by atoms with van der Waals surface area (Å²) < 4.78 is 54.6. The van der Waals surface area contributed by atoms with E-state index in [2.05, 4.69) is 5.32 Å². The summed E-state index contributed by atoms with van der Waals surface area (Å²) >= 11 is 0. The number of hydrogen-bond donors (Lipinski definition) is 1. The van der Waals surface area contributed by atoms with Gasteiger partial charge in [-0.25, -0.2) is 4.79 Å². The number of rotatable bonds is 6. The van der Waals surface area contributed by atoms with Crippen LogP contribution in [0.5, 0.6) is 11.5 Å². The molecule has 0 saturated carbocycles. The van der Waals surface area contributed by atoms with Gasteiger partial charge in [-0.3, -0.25) is 4.79 Å². The normalized spacial score (nSPS) is 12.1. The number of halogens is 3. The molecule has 0 aliphatic carbocycles. The fraction of sp³-hybridized carbons (Fsp3) is 0.300. The topological polar surface area (TPSA) is 73.9 Å². The summed E-state index contributed by atoms with van der Waals surface area (Å²) in [6.07, 6.45) is -5.99. The first-order valence-electron chi connectivity index (χ1n) is 8.49. The van der Waals surface area contributed by atoms with Crippen LogP contribution in [0.15, 0.2) is 36.4 Å². The number of anilines is 1. The number of methoxy groups -OCH3 is 2. The minimum absolute atomic E-state index is 0.0691. The van der Waals surface area contributed by atoms with E-state index >= 15 is 0 Å². The van der Waals surface area contributed by atoms with E-state index in [0.29, 0.717) is 17.1 Å². The number of hydrogen-bond acceptors (Lipinski definition) is 5. The number of amides is 1. The second-order valence-electron chi connectivity index (χ2n) is 6.09. The molecule has 0 aliphatic rings. The Kier molecular flexibility index (Phi) is 6.73. The molecule has 0 saturated heterocycles. The van der Waals surface area contributed by atoms with Crippen LogP contribution in [0.1, 0.15) is 28.4 Å². The summed E-state index contributed by atoms with van der Waals surface area (Å²) in [6, 6.07) is 7.36. The molecule has 0 radical (unpaired) electrons. The number of carbonyl (C=O) groups excluding carboxylic acids is 2. The van der Waals surface area contributed by atoms with Crippen molar-refractivity contribution >= 4 is 17.6 Å². The molecule has 0 aromatic heterocycles. The van der Waals surface area contributed by atoms with Gasteiger partial charge in [0, 0.05) is 5.56 Å². The van der Waals surface area contributed by atoms with Gasteiger partial charge in [-0.05, 0) is 38.1 Å². The largest absolute Gasteiger partial charge is 0.496 e. The maximum Gasteiger partial charge on any atom is 0.418 e. The van der Waals surface area contributed by atoms with E-state index in [1.54, 1.807) is 6.92 Å². The molecule has 9 heteroatoms. The van der Waals surface area contributed by atoms with E-state index in [1.807, 2.05) is 0 Å². The molecular formula is C20H20F3NO5. The lowest BCUT2D eigenvalue weighted by molar-refractivity contribution is -0.137. The van der Waals surface area contributed by atoms with Gasteiger partial charge in [0.25, 0.3) is 5.91 Å². The highest BCUT2D eigenvalue weighted by molar-refractivity contribution is 5.98. The predicted molar refractivity (Wildman–Crippen MR) is 99.2 cm³/mol. The molecule has 29 heavy (non-hydrogen) atoms. The molecule has 6 nitrogen and oxygen atoms in total. The van der Waals surface area contributed by atoms with E-state index in [-0.39, 0.29) is 5.56 Å². The van der Waals surface area contributed by atoms with Crippen LogP contribution in [0.2, 0.25) is 0 Å². The number of ether oxygens (including phenoxy) is 3. The maximum absolute atomic E-state index is 13.0. The molecule has 156 valence electrons. The maximum atomic E-state index is 13.0. The van der Waals surface area contributed by atoms with Crippen LogP contribution < -0.4 is 14.8 Å². The van der Waals surface area contributed by atoms with Crippen LogP contribution in [0.4, 0.5) is 18.9 Å². The van der Waals surface area contributed by atoms with Crippen LogP contribution in [-0.4, -0.2) is 32.2 Å². The minimum Gasteiger partial charge on any atom is -0.496 e. The van der Waals surface area contributed by atoms with Gasteiger partial charge in [0.05, 0.1) is 31.0 Å². The summed E-state index contributed by atoms with van der Waals surface area (Å²) in [6.45, 7) is 2.99. The van der Waals surface area contributed by atoms with Crippen molar-refractivity contribution in [1.29, 1.82) is 0 Å². The molecule has 0 fully saturated rings. The zero-order valence-corrected chi connectivity index (χ0v) is 16.2. The Morgan fingerprint density at radius 3 is 2.10 bits per heavy atom. The summed E-state index contributed by atoms with van der Waals surface area (Å²) in [4.78, 5) is 24.6. The quantitative estimate of drug-likeness (QED) is 0.721. The fourth-order valence-corrected chi connectivity index (χ4v) is 2.56. The Balaban J connectivity index is 2.16. The zero-order chi connectivity index (χ0) is 21.8. The standard InChI is InChI=1S/C20H20F3NO5/c1-11-16(27-3)9-13(10-17(11)28-4)19(26)29-12(2)18(25)24-15-8-6-5-7-14(15)20(21,22)23/h5-10,12H,1-4H3,(H,24,25). The molecule has 2 aromatic carbocycles. The minimum atomic E-state index is -4.64. The molecule has 0 aliphatic heterocycles. The number of esters is 1. The number of benzene rings is 2. The number of para-hydroxylation sites is 1. The fourth-order valence-electron chi connectivity index (χ4n) is 2.56. The summed E-state index contributed by atoms with van der Waals surface area (Å²) in [7, 11) is 2.84. The van der Waals surface area contributed by atoms with Crippen molar-refractivity contribution in [3.05, 3.63) is 53.1 Å². The highest BCUT2D eigenvalue weighted by atomic mass is 19.4. The highest BCUT2D eigenvalue weighted by Crippen LogP contribution is 2.34. The van der Waals surface area contributed by atoms with E-state index < -0.39 is 35.4 Å². The third kappa shape index (κ3) is 5.18. The summed E-state index contributed by atoms with van der Waals surface area (Å²) in [5, 5.41) is 2.14. The smallest absolute Gasteiger partial charge is 0.418 e. The monoisotopic (exact) mass is 411 g/mol. The van der Waals surface area contributed by atoms with Crippen molar-refractivity contribution < 1.29 is 37.0 Å². The molecule has 1 atom stereocenters. The van der Waals surface area contributed by atoms with Crippen molar-refractivity contribution in [2.45, 2.75) is 26.1 Å². The van der Waals surface area contributed by atoms with Crippen LogP contribution >= 0.6 is 0 Å². The van der Waals surface area contributed by atoms with Gasteiger partial charge in [0.15, 0.2) is 6.10 Å². The van der Waals surface area contributed by atoms with Crippen molar-refractivity contribution in [2.24, 2.45) is 0 Å². The Bertz CT molecular complexity index is 886. The van der Waals surface area contributed by atoms with Gasteiger partial charge < -0.3 is 19.5 Å². The van der Waals surface area contributed by atoms with Gasteiger partial charge in [0.2, 0.25) is 0 Å². The lowest BCUT2D eigenvalue weighted by Crippen LogP contribution is -2.30. The molecule has 1 N–H and O–H groups in total. The Morgan fingerprint density at radius 2 is 1.59 bits per heavy atom.